The molecule has 0 spiro atoms. The summed E-state index contributed by atoms with van der Waals surface area (Å²) in [5.41, 5.74) is 1.40. The first-order valence-electron chi connectivity index (χ1n) is 6.72. The number of hydrogen-bond donors (Lipinski definition) is 3. The smallest absolute Gasteiger partial charge is 0.250 e. The van der Waals surface area contributed by atoms with Crippen LogP contribution in [-0.2, 0) is 11.2 Å². The third-order valence-electron chi connectivity index (χ3n) is 2.84. The number of carbonyl (C=O) groups excluding carboxylic acids is 1. The van der Waals surface area contributed by atoms with E-state index in [0.717, 1.165) is 12.1 Å². The van der Waals surface area contributed by atoms with Crippen LogP contribution in [0.15, 0.2) is 28.8 Å². The van der Waals surface area contributed by atoms with E-state index in [1.165, 1.54) is 0 Å². The fraction of sp³-hybridized carbons (Fsp3) is 0.357. The van der Waals surface area contributed by atoms with E-state index in [4.69, 9.17) is 9.63 Å². The van der Waals surface area contributed by atoms with Gasteiger partial charge >= 0.3 is 0 Å². The summed E-state index contributed by atoms with van der Waals surface area (Å²) in [6.45, 7) is 3.32. The van der Waals surface area contributed by atoms with E-state index in [1.807, 2.05) is 19.9 Å². The molecule has 112 valence electrons. The largest absolute Gasteiger partial charge is 0.387 e. The van der Waals surface area contributed by atoms with E-state index in [2.05, 4.69) is 20.8 Å². The number of carbonyl (C=O) groups is 1. The van der Waals surface area contributed by atoms with Gasteiger partial charge in [-0.3, -0.25) is 4.79 Å². The first kappa shape index (κ1) is 15.0. The van der Waals surface area contributed by atoms with Crippen LogP contribution in [0, 0.1) is 0 Å². The number of hydrogen-bond acceptors (Lipinski definition) is 6. The lowest BCUT2D eigenvalue weighted by Gasteiger charge is -2.12. The number of aryl methyl sites for hydroxylation is 1. The highest BCUT2D eigenvalue weighted by atomic mass is 16.5. The van der Waals surface area contributed by atoms with Crippen LogP contribution in [0.25, 0.3) is 0 Å². The van der Waals surface area contributed by atoms with E-state index < -0.39 is 12.5 Å². The number of nitrogens with one attached hydrogen (secondary N) is 2. The van der Waals surface area contributed by atoms with Gasteiger partial charge < -0.3 is 20.3 Å². The van der Waals surface area contributed by atoms with E-state index in [1.54, 1.807) is 18.2 Å². The summed E-state index contributed by atoms with van der Waals surface area (Å²) >= 11 is 0. The molecule has 21 heavy (non-hydrogen) atoms. The Labute approximate surface area is 122 Å². The highest BCUT2D eigenvalue weighted by molar-refractivity contribution is 5.91. The van der Waals surface area contributed by atoms with Crippen LogP contribution in [0.3, 0.4) is 0 Å². The van der Waals surface area contributed by atoms with E-state index >= 15 is 0 Å². The lowest BCUT2D eigenvalue weighted by Crippen LogP contribution is -2.15. The Hall–Kier alpha value is -2.41. The molecule has 0 saturated heterocycles. The van der Waals surface area contributed by atoms with Crippen LogP contribution < -0.4 is 10.6 Å². The van der Waals surface area contributed by atoms with Gasteiger partial charge in [-0.05, 0) is 25.1 Å². The van der Waals surface area contributed by atoms with Crippen molar-refractivity contribution in [3.63, 3.8) is 0 Å². The fourth-order valence-electron chi connectivity index (χ4n) is 1.79. The van der Waals surface area contributed by atoms with Crippen LogP contribution >= 0.6 is 0 Å². The highest BCUT2D eigenvalue weighted by Gasteiger charge is 2.13. The minimum absolute atomic E-state index is 0.151. The molecule has 1 amide bonds. The Balaban J connectivity index is 2.04. The molecule has 1 heterocycles. The summed E-state index contributed by atoms with van der Waals surface area (Å²) in [5, 5.41) is 18.4. The minimum atomic E-state index is -0.546. The quantitative estimate of drug-likeness (QED) is 0.749. The number of amides is 1. The maximum atomic E-state index is 11.2. The van der Waals surface area contributed by atoms with Gasteiger partial charge in [-0.25, -0.2) is 0 Å². The van der Waals surface area contributed by atoms with Crippen molar-refractivity contribution < 1.29 is 14.4 Å². The standard InChI is InChI=1S/C14H18N4O3/c1-3-12-17-14(21-18-12)9(2)15-10-5-4-6-11(7-10)16-13(20)8-19/h4-7,9,15,19H,3,8H2,1-2H3,(H,16,20). The summed E-state index contributed by atoms with van der Waals surface area (Å²) in [6, 6.07) is 7.02. The molecule has 1 atom stereocenters. The number of anilines is 2. The Morgan fingerprint density at radius 1 is 1.43 bits per heavy atom. The van der Waals surface area contributed by atoms with Crippen molar-refractivity contribution in [2.24, 2.45) is 0 Å². The van der Waals surface area contributed by atoms with E-state index in [0.29, 0.717) is 17.4 Å². The van der Waals surface area contributed by atoms with Gasteiger partial charge in [0.1, 0.15) is 12.6 Å². The van der Waals surface area contributed by atoms with Crippen LogP contribution in [0.1, 0.15) is 31.6 Å². The third-order valence-corrected chi connectivity index (χ3v) is 2.84. The molecule has 0 aliphatic carbocycles. The first-order valence-corrected chi connectivity index (χ1v) is 6.72. The lowest BCUT2D eigenvalue weighted by atomic mass is 10.2. The second-order valence-corrected chi connectivity index (χ2v) is 4.56. The summed E-state index contributed by atoms with van der Waals surface area (Å²) < 4.78 is 5.18. The van der Waals surface area contributed by atoms with Crippen molar-refractivity contribution in [3.05, 3.63) is 36.0 Å². The molecule has 0 radical (unpaired) electrons. The maximum Gasteiger partial charge on any atom is 0.250 e. The number of aliphatic hydroxyl groups is 1. The zero-order valence-corrected chi connectivity index (χ0v) is 12.0. The highest BCUT2D eigenvalue weighted by Crippen LogP contribution is 2.21. The number of rotatable bonds is 6. The van der Waals surface area contributed by atoms with Crippen molar-refractivity contribution in [3.8, 4) is 0 Å². The molecule has 1 unspecified atom stereocenters. The van der Waals surface area contributed by atoms with Crippen LogP contribution in [0.5, 0.6) is 0 Å². The molecule has 2 rings (SSSR count). The predicted octanol–water partition coefficient (Wildman–Crippen LogP) is 1.74. The molecule has 3 N–H and O–H groups in total. The van der Waals surface area contributed by atoms with Gasteiger partial charge in [-0.1, -0.05) is 18.1 Å². The summed E-state index contributed by atoms with van der Waals surface area (Å²) in [4.78, 5) is 15.4. The van der Waals surface area contributed by atoms with Crippen molar-refractivity contribution >= 4 is 17.3 Å². The molecule has 2 aromatic rings. The number of aromatic nitrogens is 2. The molecule has 0 fully saturated rings. The molecule has 7 nitrogen and oxygen atoms in total. The number of nitrogens with zero attached hydrogens (tertiary/aromatic N) is 2. The van der Waals surface area contributed by atoms with Gasteiger partial charge in [0.25, 0.3) is 0 Å². The van der Waals surface area contributed by atoms with E-state index in [9.17, 15) is 4.79 Å². The lowest BCUT2D eigenvalue weighted by molar-refractivity contribution is -0.118. The number of aliphatic hydroxyl groups excluding tert-OH is 1. The molecule has 0 aliphatic heterocycles. The zero-order valence-electron chi connectivity index (χ0n) is 12.0. The molecule has 0 saturated carbocycles. The first-order chi connectivity index (χ1) is 10.1. The van der Waals surface area contributed by atoms with Gasteiger partial charge in [0.15, 0.2) is 5.82 Å². The average Bonchev–Trinajstić information content (AvgIpc) is 2.96. The predicted molar refractivity (Wildman–Crippen MR) is 77.9 cm³/mol. The maximum absolute atomic E-state index is 11.2. The van der Waals surface area contributed by atoms with Crippen molar-refractivity contribution in [2.75, 3.05) is 17.2 Å². The monoisotopic (exact) mass is 290 g/mol. The van der Waals surface area contributed by atoms with Gasteiger partial charge in [0.05, 0.1) is 0 Å². The van der Waals surface area contributed by atoms with Crippen LogP contribution in [0.2, 0.25) is 0 Å². The van der Waals surface area contributed by atoms with E-state index in [-0.39, 0.29) is 6.04 Å². The SMILES string of the molecule is CCc1noc(C(C)Nc2cccc(NC(=O)CO)c2)n1. The average molecular weight is 290 g/mol. The molecular weight excluding hydrogens is 272 g/mol. The molecule has 0 aliphatic rings. The molecular formula is C14H18N4O3. The van der Waals surface area contributed by atoms with Crippen molar-refractivity contribution in [1.29, 1.82) is 0 Å². The Morgan fingerprint density at radius 2 is 2.19 bits per heavy atom. The van der Waals surface area contributed by atoms with Crippen molar-refractivity contribution in [2.45, 2.75) is 26.3 Å². The topological polar surface area (TPSA) is 100 Å². The Morgan fingerprint density at radius 3 is 2.86 bits per heavy atom. The summed E-state index contributed by atoms with van der Waals surface area (Å²) in [5.74, 6) is 0.726. The fourth-order valence-corrected chi connectivity index (χ4v) is 1.79. The molecule has 7 heteroatoms. The minimum Gasteiger partial charge on any atom is -0.387 e. The summed E-state index contributed by atoms with van der Waals surface area (Å²) in [7, 11) is 0. The molecule has 1 aromatic heterocycles. The van der Waals surface area contributed by atoms with Crippen LogP contribution in [-0.4, -0.2) is 27.8 Å². The van der Waals surface area contributed by atoms with Crippen LogP contribution in [0.4, 0.5) is 11.4 Å². The Kier molecular flexibility index (Phi) is 4.89. The second-order valence-electron chi connectivity index (χ2n) is 4.56. The van der Waals surface area contributed by atoms with Gasteiger partial charge in [-0.2, -0.15) is 4.98 Å². The zero-order chi connectivity index (χ0) is 15.2. The molecule has 0 bridgehead atoms. The normalized spacial score (nSPS) is 12.0. The number of benzene rings is 1. The van der Waals surface area contributed by atoms with Gasteiger partial charge in [0, 0.05) is 17.8 Å². The van der Waals surface area contributed by atoms with Gasteiger partial charge in [0.2, 0.25) is 11.8 Å². The third kappa shape index (κ3) is 4.03. The molecule has 1 aromatic carbocycles. The Bertz CT molecular complexity index is 612. The summed E-state index contributed by atoms with van der Waals surface area (Å²) in [6.07, 6.45) is 0.721. The van der Waals surface area contributed by atoms with Crippen molar-refractivity contribution in [1.82, 2.24) is 10.1 Å². The second kappa shape index (κ2) is 6.85. The van der Waals surface area contributed by atoms with Gasteiger partial charge in [-0.15, -0.1) is 0 Å².